The standard InChI is InChI=1S/C11H20N4O/c1-3-4-10(12)11(16)14-9(2)7-15-6-5-13-8-15/h5-6,8-10H,3-4,7,12H2,1-2H3,(H,14,16)/t9?,10-/m0/s1. The lowest BCUT2D eigenvalue weighted by atomic mass is 10.1. The number of amides is 1. The average molecular weight is 224 g/mol. The van der Waals surface area contributed by atoms with Gasteiger partial charge in [-0.1, -0.05) is 13.3 Å². The summed E-state index contributed by atoms with van der Waals surface area (Å²) in [5, 5.41) is 2.89. The molecule has 1 aromatic rings. The molecule has 0 saturated heterocycles. The number of rotatable bonds is 6. The number of hydrogen-bond donors (Lipinski definition) is 2. The van der Waals surface area contributed by atoms with Gasteiger partial charge in [0.25, 0.3) is 0 Å². The van der Waals surface area contributed by atoms with Crippen LogP contribution in [0.3, 0.4) is 0 Å². The molecule has 1 heterocycles. The molecule has 0 radical (unpaired) electrons. The number of carbonyl (C=O) groups excluding carboxylic acids is 1. The fourth-order valence-corrected chi connectivity index (χ4v) is 1.55. The first-order valence-corrected chi connectivity index (χ1v) is 5.65. The third-order valence-corrected chi connectivity index (χ3v) is 2.37. The zero-order valence-electron chi connectivity index (χ0n) is 9.89. The highest BCUT2D eigenvalue weighted by atomic mass is 16.2. The Hall–Kier alpha value is -1.36. The number of imidazole rings is 1. The minimum atomic E-state index is -0.393. The second-order valence-electron chi connectivity index (χ2n) is 4.06. The van der Waals surface area contributed by atoms with E-state index < -0.39 is 6.04 Å². The van der Waals surface area contributed by atoms with Crippen LogP contribution in [0, 0.1) is 0 Å². The van der Waals surface area contributed by atoms with Gasteiger partial charge >= 0.3 is 0 Å². The Balaban J connectivity index is 2.33. The highest BCUT2D eigenvalue weighted by molar-refractivity contribution is 5.81. The fraction of sp³-hybridized carbons (Fsp3) is 0.636. The Morgan fingerprint density at radius 3 is 2.94 bits per heavy atom. The van der Waals surface area contributed by atoms with E-state index in [1.54, 1.807) is 12.5 Å². The fourth-order valence-electron chi connectivity index (χ4n) is 1.55. The van der Waals surface area contributed by atoms with Crippen molar-refractivity contribution in [3.63, 3.8) is 0 Å². The maximum Gasteiger partial charge on any atom is 0.237 e. The van der Waals surface area contributed by atoms with Gasteiger partial charge in [-0.2, -0.15) is 0 Å². The molecule has 90 valence electrons. The lowest BCUT2D eigenvalue weighted by molar-refractivity contribution is -0.123. The number of nitrogens with zero attached hydrogens (tertiary/aromatic N) is 2. The molecule has 16 heavy (non-hydrogen) atoms. The number of nitrogens with one attached hydrogen (secondary N) is 1. The lowest BCUT2D eigenvalue weighted by Gasteiger charge is -2.17. The molecule has 0 aliphatic rings. The van der Waals surface area contributed by atoms with E-state index in [1.165, 1.54) is 0 Å². The number of aromatic nitrogens is 2. The molecule has 2 atom stereocenters. The van der Waals surface area contributed by atoms with Crippen molar-refractivity contribution in [3.8, 4) is 0 Å². The molecule has 5 heteroatoms. The maximum absolute atomic E-state index is 11.6. The van der Waals surface area contributed by atoms with Crippen LogP contribution >= 0.6 is 0 Å². The molecular formula is C11H20N4O. The van der Waals surface area contributed by atoms with E-state index in [0.29, 0.717) is 6.54 Å². The minimum absolute atomic E-state index is 0.0598. The van der Waals surface area contributed by atoms with Crippen LogP contribution in [0.15, 0.2) is 18.7 Å². The van der Waals surface area contributed by atoms with E-state index in [9.17, 15) is 4.79 Å². The number of nitrogens with two attached hydrogens (primary N) is 1. The number of carbonyl (C=O) groups is 1. The molecule has 0 spiro atoms. The minimum Gasteiger partial charge on any atom is -0.351 e. The van der Waals surface area contributed by atoms with E-state index in [1.807, 2.05) is 24.6 Å². The van der Waals surface area contributed by atoms with Crippen LogP contribution in [-0.2, 0) is 11.3 Å². The first-order chi connectivity index (χ1) is 7.63. The molecule has 0 saturated carbocycles. The Kier molecular flexibility index (Phi) is 4.98. The quantitative estimate of drug-likeness (QED) is 0.739. The summed E-state index contributed by atoms with van der Waals surface area (Å²) in [4.78, 5) is 15.6. The molecule has 1 unspecified atom stereocenters. The van der Waals surface area contributed by atoms with E-state index in [0.717, 1.165) is 12.8 Å². The van der Waals surface area contributed by atoms with Gasteiger partial charge in [-0.25, -0.2) is 4.98 Å². The SMILES string of the molecule is CCC[C@H](N)C(=O)NC(C)Cn1ccnc1. The molecule has 1 amide bonds. The molecule has 1 aromatic heterocycles. The molecule has 0 aromatic carbocycles. The molecule has 0 aliphatic heterocycles. The summed E-state index contributed by atoms with van der Waals surface area (Å²) >= 11 is 0. The Morgan fingerprint density at radius 2 is 2.38 bits per heavy atom. The monoisotopic (exact) mass is 224 g/mol. The van der Waals surface area contributed by atoms with Crippen LogP contribution in [0.2, 0.25) is 0 Å². The van der Waals surface area contributed by atoms with E-state index in [-0.39, 0.29) is 11.9 Å². The largest absolute Gasteiger partial charge is 0.351 e. The molecule has 5 nitrogen and oxygen atoms in total. The van der Waals surface area contributed by atoms with Crippen molar-refractivity contribution in [2.45, 2.75) is 45.3 Å². The molecular weight excluding hydrogens is 204 g/mol. The summed E-state index contributed by atoms with van der Waals surface area (Å²) in [7, 11) is 0. The molecule has 0 aliphatic carbocycles. The Morgan fingerprint density at radius 1 is 1.62 bits per heavy atom. The van der Waals surface area contributed by atoms with Crippen molar-refractivity contribution >= 4 is 5.91 Å². The Bertz CT molecular complexity index is 310. The zero-order chi connectivity index (χ0) is 12.0. The van der Waals surface area contributed by atoms with Crippen LogP contribution in [-0.4, -0.2) is 27.5 Å². The van der Waals surface area contributed by atoms with Crippen LogP contribution in [0.5, 0.6) is 0 Å². The predicted octanol–water partition coefficient (Wildman–Crippen LogP) is 0.515. The predicted molar refractivity (Wildman–Crippen MR) is 62.7 cm³/mol. The van der Waals surface area contributed by atoms with Crippen LogP contribution < -0.4 is 11.1 Å². The molecule has 3 N–H and O–H groups in total. The molecule has 0 fully saturated rings. The normalized spacial score (nSPS) is 14.4. The summed E-state index contributed by atoms with van der Waals surface area (Å²) in [6.45, 7) is 4.68. The van der Waals surface area contributed by atoms with Gasteiger partial charge in [0.05, 0.1) is 12.4 Å². The molecule has 0 bridgehead atoms. The van der Waals surface area contributed by atoms with Crippen molar-refractivity contribution in [1.29, 1.82) is 0 Å². The van der Waals surface area contributed by atoms with Crippen molar-refractivity contribution in [1.82, 2.24) is 14.9 Å². The molecule has 1 rings (SSSR count). The van der Waals surface area contributed by atoms with Crippen LogP contribution in [0.25, 0.3) is 0 Å². The van der Waals surface area contributed by atoms with Crippen LogP contribution in [0.1, 0.15) is 26.7 Å². The van der Waals surface area contributed by atoms with E-state index in [2.05, 4.69) is 10.3 Å². The van der Waals surface area contributed by atoms with Crippen LogP contribution in [0.4, 0.5) is 0 Å². The summed E-state index contributed by atoms with van der Waals surface area (Å²) in [5.74, 6) is -0.0746. The van der Waals surface area contributed by atoms with E-state index >= 15 is 0 Å². The third-order valence-electron chi connectivity index (χ3n) is 2.37. The van der Waals surface area contributed by atoms with Crippen molar-refractivity contribution in [2.75, 3.05) is 0 Å². The smallest absolute Gasteiger partial charge is 0.237 e. The second-order valence-corrected chi connectivity index (χ2v) is 4.06. The third kappa shape index (κ3) is 4.02. The zero-order valence-corrected chi connectivity index (χ0v) is 9.89. The Labute approximate surface area is 96.0 Å². The second kappa shape index (κ2) is 6.27. The van der Waals surface area contributed by atoms with Gasteiger partial charge in [-0.15, -0.1) is 0 Å². The van der Waals surface area contributed by atoms with Gasteiger partial charge < -0.3 is 15.6 Å². The summed E-state index contributed by atoms with van der Waals surface area (Å²) < 4.78 is 1.93. The van der Waals surface area contributed by atoms with Crippen molar-refractivity contribution < 1.29 is 4.79 Å². The highest BCUT2D eigenvalue weighted by Gasteiger charge is 2.14. The average Bonchev–Trinajstić information content (AvgIpc) is 2.70. The number of hydrogen-bond acceptors (Lipinski definition) is 3. The first-order valence-electron chi connectivity index (χ1n) is 5.65. The summed E-state index contributed by atoms with van der Waals surface area (Å²) in [5.41, 5.74) is 5.72. The maximum atomic E-state index is 11.6. The lowest BCUT2D eigenvalue weighted by Crippen LogP contribution is -2.45. The first kappa shape index (κ1) is 12.7. The van der Waals surface area contributed by atoms with Gasteiger partial charge in [0.15, 0.2) is 0 Å². The highest BCUT2D eigenvalue weighted by Crippen LogP contribution is 1.96. The van der Waals surface area contributed by atoms with Crippen molar-refractivity contribution in [3.05, 3.63) is 18.7 Å². The van der Waals surface area contributed by atoms with Crippen molar-refractivity contribution in [2.24, 2.45) is 5.73 Å². The summed E-state index contributed by atoms with van der Waals surface area (Å²) in [6, 6.07) is -0.333. The van der Waals surface area contributed by atoms with Gasteiger partial charge in [0, 0.05) is 25.0 Å². The van der Waals surface area contributed by atoms with Gasteiger partial charge in [-0.3, -0.25) is 4.79 Å². The summed E-state index contributed by atoms with van der Waals surface area (Å²) in [6.07, 6.45) is 6.97. The van der Waals surface area contributed by atoms with Gasteiger partial charge in [0.1, 0.15) is 0 Å². The van der Waals surface area contributed by atoms with Gasteiger partial charge in [0.2, 0.25) is 5.91 Å². The van der Waals surface area contributed by atoms with E-state index in [4.69, 9.17) is 5.73 Å². The van der Waals surface area contributed by atoms with Gasteiger partial charge in [-0.05, 0) is 13.3 Å². The topological polar surface area (TPSA) is 72.9 Å².